The molecule has 222 valence electrons. The lowest BCUT2D eigenvalue weighted by Crippen LogP contribution is -2.37. The summed E-state index contributed by atoms with van der Waals surface area (Å²) in [4.78, 5) is 14.6. The van der Waals surface area contributed by atoms with Crippen molar-refractivity contribution in [1.82, 2.24) is 4.90 Å². The quantitative estimate of drug-likeness (QED) is 0.151. The molecule has 1 atom stereocenters. The van der Waals surface area contributed by atoms with Crippen LogP contribution in [0.1, 0.15) is 73.5 Å². The summed E-state index contributed by atoms with van der Waals surface area (Å²) < 4.78 is 75.8. The van der Waals surface area contributed by atoms with Gasteiger partial charge in [0.25, 0.3) is 5.91 Å². The average molecular weight is 592 g/mol. The van der Waals surface area contributed by atoms with Crippen LogP contribution >= 0.6 is 0 Å². The van der Waals surface area contributed by atoms with E-state index in [1.165, 1.54) is 24.8 Å². The van der Waals surface area contributed by atoms with Gasteiger partial charge in [-0.3, -0.25) is 4.79 Å². The highest BCUT2D eigenvalue weighted by Crippen LogP contribution is 2.34. The lowest BCUT2D eigenvalue weighted by atomic mass is 10.0. The van der Waals surface area contributed by atoms with Gasteiger partial charge in [-0.2, -0.15) is 21.6 Å². The number of aryl methyl sites for hydroxylation is 1. The predicted molar refractivity (Wildman–Crippen MR) is 152 cm³/mol. The van der Waals surface area contributed by atoms with E-state index in [1.54, 1.807) is 11.0 Å². The zero-order chi connectivity index (χ0) is 30.2. The molecule has 41 heavy (non-hydrogen) atoms. The summed E-state index contributed by atoms with van der Waals surface area (Å²) in [5, 5.41) is 0. The van der Waals surface area contributed by atoms with Crippen LogP contribution in [0.3, 0.4) is 0 Å². The van der Waals surface area contributed by atoms with E-state index >= 15 is 0 Å². The number of hydrogen-bond acceptors (Lipinski definition) is 5. The van der Waals surface area contributed by atoms with Crippen molar-refractivity contribution in [3.63, 3.8) is 0 Å². The van der Waals surface area contributed by atoms with Crippen LogP contribution in [0, 0.1) is 0 Å². The van der Waals surface area contributed by atoms with Crippen molar-refractivity contribution in [2.24, 2.45) is 0 Å². The molecular formula is C31H36F3NO5S. The van der Waals surface area contributed by atoms with E-state index in [1.807, 2.05) is 38.1 Å². The zero-order valence-corrected chi connectivity index (χ0v) is 24.5. The third kappa shape index (κ3) is 8.48. The fourth-order valence-electron chi connectivity index (χ4n) is 4.28. The number of amides is 1. The Bertz CT molecular complexity index is 1420. The molecule has 0 heterocycles. The van der Waals surface area contributed by atoms with Gasteiger partial charge in [0.05, 0.1) is 12.7 Å². The number of benzene rings is 3. The second kappa shape index (κ2) is 13.9. The normalized spacial score (nSPS) is 12.6. The zero-order valence-electron chi connectivity index (χ0n) is 23.7. The molecule has 6 nitrogen and oxygen atoms in total. The molecule has 10 heteroatoms. The molecule has 0 bridgehead atoms. The lowest BCUT2D eigenvalue weighted by molar-refractivity contribution is -0.137. The molecule has 0 radical (unpaired) electrons. The van der Waals surface area contributed by atoms with E-state index in [0.717, 1.165) is 43.9 Å². The Kier molecular flexibility index (Phi) is 10.8. The van der Waals surface area contributed by atoms with Gasteiger partial charge in [-0.15, -0.1) is 0 Å². The highest BCUT2D eigenvalue weighted by Gasteiger charge is 2.32. The van der Waals surface area contributed by atoms with Gasteiger partial charge in [0.1, 0.15) is 4.90 Å². The minimum absolute atomic E-state index is 0.0735. The second-order valence-corrected chi connectivity index (χ2v) is 11.4. The highest BCUT2D eigenvalue weighted by atomic mass is 32.2. The number of carbonyl (C=O) groups excluding carboxylic acids is 1. The smallest absolute Gasteiger partial charge is 0.416 e. The predicted octanol–water partition coefficient (Wildman–Crippen LogP) is 7.66. The van der Waals surface area contributed by atoms with Gasteiger partial charge in [0.15, 0.2) is 11.5 Å². The van der Waals surface area contributed by atoms with Crippen LogP contribution in [-0.2, 0) is 29.3 Å². The Morgan fingerprint density at radius 2 is 1.61 bits per heavy atom. The fraction of sp³-hybridized carbons (Fsp3) is 0.387. The fourth-order valence-corrected chi connectivity index (χ4v) is 5.26. The Hall–Kier alpha value is -3.53. The van der Waals surface area contributed by atoms with Gasteiger partial charge in [-0.25, -0.2) is 0 Å². The summed E-state index contributed by atoms with van der Waals surface area (Å²) in [5.74, 6) is -0.297. The van der Waals surface area contributed by atoms with Gasteiger partial charge in [0, 0.05) is 18.2 Å². The molecule has 0 aliphatic rings. The molecule has 0 fully saturated rings. The number of methoxy groups -OCH3 is 1. The van der Waals surface area contributed by atoms with Gasteiger partial charge < -0.3 is 13.8 Å². The number of rotatable bonds is 13. The van der Waals surface area contributed by atoms with Gasteiger partial charge in [0.2, 0.25) is 0 Å². The van der Waals surface area contributed by atoms with Gasteiger partial charge in [-0.05, 0) is 79.8 Å². The highest BCUT2D eigenvalue weighted by molar-refractivity contribution is 7.87. The number of hydrogen-bond donors (Lipinski definition) is 0. The van der Waals surface area contributed by atoms with Gasteiger partial charge in [-0.1, -0.05) is 51.0 Å². The first-order valence-corrected chi connectivity index (χ1v) is 15.0. The molecule has 0 saturated carbocycles. The van der Waals surface area contributed by atoms with E-state index in [-0.39, 0.29) is 30.0 Å². The maximum absolute atomic E-state index is 13.5. The van der Waals surface area contributed by atoms with Crippen molar-refractivity contribution in [1.29, 1.82) is 0 Å². The van der Waals surface area contributed by atoms with Gasteiger partial charge >= 0.3 is 16.3 Å². The molecule has 0 N–H and O–H groups in total. The van der Waals surface area contributed by atoms with Crippen LogP contribution in [0.25, 0.3) is 0 Å². The topological polar surface area (TPSA) is 72.9 Å². The molecule has 3 aromatic carbocycles. The number of unbranched alkanes of at least 4 members (excludes halogenated alkanes) is 2. The number of alkyl halides is 3. The van der Waals surface area contributed by atoms with E-state index < -0.39 is 26.8 Å². The van der Waals surface area contributed by atoms with E-state index in [9.17, 15) is 26.4 Å². The van der Waals surface area contributed by atoms with Crippen molar-refractivity contribution in [3.8, 4) is 11.5 Å². The first-order valence-electron chi connectivity index (χ1n) is 13.6. The maximum atomic E-state index is 13.5. The number of carbonyl (C=O) groups is 1. The molecule has 1 amide bonds. The van der Waals surface area contributed by atoms with E-state index in [2.05, 4.69) is 6.92 Å². The van der Waals surface area contributed by atoms with Crippen molar-refractivity contribution in [2.75, 3.05) is 7.11 Å². The monoisotopic (exact) mass is 591 g/mol. The summed E-state index contributed by atoms with van der Waals surface area (Å²) >= 11 is 0. The van der Waals surface area contributed by atoms with Crippen LogP contribution in [-0.4, -0.2) is 32.4 Å². The first kappa shape index (κ1) is 32.0. The molecule has 3 aromatic rings. The van der Waals surface area contributed by atoms with E-state index in [0.29, 0.717) is 23.6 Å². The van der Waals surface area contributed by atoms with Crippen LogP contribution in [0.2, 0.25) is 0 Å². The molecule has 0 aliphatic heterocycles. The minimum atomic E-state index is -4.72. The molecule has 0 spiro atoms. The van der Waals surface area contributed by atoms with Crippen LogP contribution in [0.4, 0.5) is 13.2 Å². The lowest BCUT2D eigenvalue weighted by Gasteiger charge is -2.29. The number of ether oxygens (including phenoxy) is 1. The molecule has 3 rings (SSSR count). The van der Waals surface area contributed by atoms with Crippen LogP contribution in [0.15, 0.2) is 71.6 Å². The summed E-state index contributed by atoms with van der Waals surface area (Å²) in [6.45, 7) is 6.19. The maximum Gasteiger partial charge on any atom is 0.416 e. The van der Waals surface area contributed by atoms with Crippen LogP contribution in [0.5, 0.6) is 11.5 Å². The summed E-state index contributed by atoms with van der Waals surface area (Å²) in [7, 11) is -3.31. The third-order valence-electron chi connectivity index (χ3n) is 6.88. The van der Waals surface area contributed by atoms with Crippen LogP contribution < -0.4 is 8.92 Å². The van der Waals surface area contributed by atoms with Crippen molar-refractivity contribution in [2.45, 2.75) is 76.5 Å². The van der Waals surface area contributed by atoms with Crippen molar-refractivity contribution >= 4 is 16.0 Å². The summed E-state index contributed by atoms with van der Waals surface area (Å²) in [5.41, 5.74) is 1.16. The van der Waals surface area contributed by atoms with Crippen molar-refractivity contribution in [3.05, 3.63) is 89.0 Å². The molecule has 0 aromatic heterocycles. The Morgan fingerprint density at radius 3 is 2.22 bits per heavy atom. The number of nitrogens with zero attached hydrogens (tertiary/aromatic N) is 1. The first-order chi connectivity index (χ1) is 19.4. The third-order valence-corrected chi connectivity index (χ3v) is 8.11. The molecular weight excluding hydrogens is 555 g/mol. The van der Waals surface area contributed by atoms with Crippen molar-refractivity contribution < 1.29 is 35.3 Å². The molecule has 0 saturated heterocycles. The minimum Gasteiger partial charge on any atom is -0.493 e. The number of halogens is 3. The van der Waals surface area contributed by atoms with E-state index in [4.69, 9.17) is 8.92 Å². The second-order valence-electron chi connectivity index (χ2n) is 9.89. The SMILES string of the molecule is CCCCCc1ccc(C(=O)N(Cc2ccc(OC)c(OS(=O)(=O)c3cccc(C(F)(F)F)c3)c2)[C@@H](C)CC)cc1. The molecule has 0 unspecified atom stereocenters. The summed E-state index contributed by atoms with van der Waals surface area (Å²) in [6, 6.07) is 15.4. The Balaban J connectivity index is 1.87. The average Bonchev–Trinajstić information content (AvgIpc) is 2.95. The molecule has 0 aliphatic carbocycles. The standard InChI is InChI=1S/C31H36F3NO5S/c1-5-7-8-10-23-13-16-25(17-14-23)30(36)35(22(3)6-2)21-24-15-18-28(39-4)29(19-24)40-41(37,38)27-12-9-11-26(20-27)31(32,33)34/h9,11-20,22H,5-8,10,21H2,1-4H3/t22-/m0/s1. The summed E-state index contributed by atoms with van der Waals surface area (Å²) in [6.07, 6.45) is 0.297. The Labute approximate surface area is 240 Å². The Morgan fingerprint density at radius 1 is 0.927 bits per heavy atom. The largest absolute Gasteiger partial charge is 0.493 e.